The van der Waals surface area contributed by atoms with Gasteiger partial charge in [-0.2, -0.15) is 0 Å². The number of rotatable bonds is 7. The lowest BCUT2D eigenvalue weighted by Gasteiger charge is -2.25. The van der Waals surface area contributed by atoms with E-state index in [9.17, 15) is 19.5 Å². The number of esters is 1. The minimum Gasteiger partial charge on any atom is -0.507 e. The van der Waals surface area contributed by atoms with Gasteiger partial charge in [0.15, 0.2) is 0 Å². The average molecular weight is 487 g/mol. The van der Waals surface area contributed by atoms with Crippen LogP contribution < -0.4 is 9.64 Å². The van der Waals surface area contributed by atoms with Crippen molar-refractivity contribution >= 4 is 29.1 Å². The fraction of sp³-hybridized carbons (Fsp3) is 0.214. The summed E-state index contributed by atoms with van der Waals surface area (Å²) in [5.41, 5.74) is 2.61. The molecule has 3 aromatic rings. The third-order valence-electron chi connectivity index (χ3n) is 5.89. The number of hydrogen-bond acceptors (Lipinski definition) is 7. The van der Waals surface area contributed by atoms with Crippen molar-refractivity contribution in [2.75, 3.05) is 18.6 Å². The van der Waals surface area contributed by atoms with Crippen LogP contribution >= 0.6 is 0 Å². The largest absolute Gasteiger partial charge is 0.507 e. The van der Waals surface area contributed by atoms with Gasteiger partial charge in [-0.05, 0) is 55.8 Å². The zero-order valence-electron chi connectivity index (χ0n) is 20.2. The van der Waals surface area contributed by atoms with E-state index in [4.69, 9.17) is 9.47 Å². The smallest absolute Gasteiger partial charge is 0.310 e. The van der Waals surface area contributed by atoms with Crippen molar-refractivity contribution in [2.45, 2.75) is 26.3 Å². The van der Waals surface area contributed by atoms with Crippen LogP contribution in [-0.2, 0) is 25.5 Å². The lowest BCUT2D eigenvalue weighted by molar-refractivity contribution is -0.142. The molecule has 1 fully saturated rings. The molecule has 1 atom stereocenters. The topological polar surface area (TPSA) is 106 Å². The number of aliphatic hydroxyl groups is 1. The Kier molecular flexibility index (Phi) is 7.15. The molecule has 1 N–H and O–H groups in total. The van der Waals surface area contributed by atoms with E-state index in [1.54, 1.807) is 67.7 Å². The highest BCUT2D eigenvalue weighted by atomic mass is 16.5. The summed E-state index contributed by atoms with van der Waals surface area (Å²) in [7, 11) is 1.47. The molecule has 2 heterocycles. The Bertz CT molecular complexity index is 1330. The fourth-order valence-corrected chi connectivity index (χ4v) is 4.22. The van der Waals surface area contributed by atoms with Crippen LogP contribution in [0.2, 0.25) is 0 Å². The van der Waals surface area contributed by atoms with Gasteiger partial charge in [-0.1, -0.05) is 29.8 Å². The Morgan fingerprint density at radius 1 is 1.08 bits per heavy atom. The number of amides is 1. The van der Waals surface area contributed by atoms with E-state index >= 15 is 0 Å². The number of pyridine rings is 1. The van der Waals surface area contributed by atoms with E-state index in [1.165, 1.54) is 12.0 Å². The van der Waals surface area contributed by atoms with Gasteiger partial charge in [0.1, 0.15) is 17.6 Å². The number of nitrogens with zero attached hydrogens (tertiary/aromatic N) is 2. The lowest BCUT2D eigenvalue weighted by atomic mass is 9.97. The maximum Gasteiger partial charge on any atom is 0.310 e. The predicted octanol–water partition coefficient (Wildman–Crippen LogP) is 4.13. The van der Waals surface area contributed by atoms with Crippen molar-refractivity contribution in [1.82, 2.24) is 4.98 Å². The molecule has 0 bridgehead atoms. The van der Waals surface area contributed by atoms with Gasteiger partial charge < -0.3 is 14.6 Å². The number of benzene rings is 2. The second-order valence-electron chi connectivity index (χ2n) is 8.28. The molecule has 1 aliphatic heterocycles. The number of ether oxygens (including phenoxy) is 2. The van der Waals surface area contributed by atoms with E-state index < -0.39 is 17.7 Å². The molecule has 1 aromatic heterocycles. The first-order valence-corrected chi connectivity index (χ1v) is 11.5. The molecule has 36 heavy (non-hydrogen) atoms. The molecule has 1 amide bonds. The van der Waals surface area contributed by atoms with Crippen LogP contribution in [0.5, 0.6) is 5.75 Å². The van der Waals surface area contributed by atoms with Gasteiger partial charge in [0.2, 0.25) is 0 Å². The Labute approximate surface area is 208 Å². The highest BCUT2D eigenvalue weighted by molar-refractivity contribution is 6.51. The molecule has 184 valence electrons. The molecule has 1 aliphatic rings. The second kappa shape index (κ2) is 10.4. The van der Waals surface area contributed by atoms with Crippen LogP contribution in [0.4, 0.5) is 5.69 Å². The average Bonchev–Trinajstić information content (AvgIpc) is 3.15. The summed E-state index contributed by atoms with van der Waals surface area (Å²) in [5, 5.41) is 11.4. The molecule has 2 aromatic carbocycles. The van der Waals surface area contributed by atoms with Gasteiger partial charge >= 0.3 is 5.97 Å². The normalized spacial score (nSPS) is 16.8. The number of aliphatic hydroxyl groups excluding tert-OH is 1. The molecule has 8 nitrogen and oxygen atoms in total. The molecule has 1 unspecified atom stereocenters. The van der Waals surface area contributed by atoms with Crippen LogP contribution in [0.3, 0.4) is 0 Å². The number of aromatic nitrogens is 1. The third-order valence-corrected chi connectivity index (χ3v) is 5.89. The van der Waals surface area contributed by atoms with Gasteiger partial charge in [0.25, 0.3) is 11.7 Å². The summed E-state index contributed by atoms with van der Waals surface area (Å²) < 4.78 is 10.4. The molecule has 0 spiro atoms. The van der Waals surface area contributed by atoms with E-state index in [0.717, 1.165) is 5.56 Å². The molecule has 1 saturated heterocycles. The minimum absolute atomic E-state index is 0.0850. The number of ketones is 1. The van der Waals surface area contributed by atoms with Gasteiger partial charge in [0.05, 0.1) is 37.0 Å². The number of carbonyl (C=O) groups excluding carboxylic acids is 3. The summed E-state index contributed by atoms with van der Waals surface area (Å²) in [6, 6.07) is 16.1. The third kappa shape index (κ3) is 4.70. The van der Waals surface area contributed by atoms with Crippen LogP contribution in [-0.4, -0.2) is 41.5 Å². The Hall–Kier alpha value is -4.46. The first kappa shape index (κ1) is 24.7. The van der Waals surface area contributed by atoms with Crippen molar-refractivity contribution in [3.63, 3.8) is 0 Å². The van der Waals surface area contributed by atoms with Crippen molar-refractivity contribution < 1.29 is 29.0 Å². The Morgan fingerprint density at radius 2 is 1.83 bits per heavy atom. The molecule has 0 saturated carbocycles. The summed E-state index contributed by atoms with van der Waals surface area (Å²) in [5.74, 6) is -1.95. The number of carbonyl (C=O) groups is 3. The van der Waals surface area contributed by atoms with Gasteiger partial charge in [-0.15, -0.1) is 0 Å². The zero-order chi connectivity index (χ0) is 25.8. The van der Waals surface area contributed by atoms with E-state index in [-0.39, 0.29) is 30.3 Å². The first-order chi connectivity index (χ1) is 17.3. The monoisotopic (exact) mass is 486 g/mol. The number of anilines is 1. The Morgan fingerprint density at radius 3 is 2.47 bits per heavy atom. The van der Waals surface area contributed by atoms with Crippen molar-refractivity contribution in [3.8, 4) is 5.75 Å². The van der Waals surface area contributed by atoms with Crippen LogP contribution in [0.15, 0.2) is 72.4 Å². The maximum atomic E-state index is 13.3. The standard InChI is InChI=1S/C28H26N2O6/c1-4-36-23(31)16-18-9-11-19(12-10-18)30-25(21-7-5-6-14-29-21)24(27(33)28(30)34)26(32)20-15-17(2)8-13-22(20)35-3/h5-15,25,32H,4,16H2,1-3H3/b26-24+. The summed E-state index contributed by atoms with van der Waals surface area (Å²) in [6.07, 6.45) is 1.65. The maximum absolute atomic E-state index is 13.3. The van der Waals surface area contributed by atoms with Crippen molar-refractivity contribution in [1.29, 1.82) is 0 Å². The van der Waals surface area contributed by atoms with Gasteiger partial charge in [0, 0.05) is 11.9 Å². The molecular formula is C28H26N2O6. The van der Waals surface area contributed by atoms with Crippen LogP contribution in [0.25, 0.3) is 5.76 Å². The van der Waals surface area contributed by atoms with E-state index in [1.807, 2.05) is 13.0 Å². The fourth-order valence-electron chi connectivity index (χ4n) is 4.22. The zero-order valence-corrected chi connectivity index (χ0v) is 20.2. The first-order valence-electron chi connectivity index (χ1n) is 11.5. The number of hydrogen-bond donors (Lipinski definition) is 1. The molecule has 4 rings (SSSR count). The van der Waals surface area contributed by atoms with Gasteiger partial charge in [-0.3, -0.25) is 24.3 Å². The van der Waals surface area contributed by atoms with Crippen LogP contribution in [0.1, 0.15) is 35.3 Å². The molecular weight excluding hydrogens is 460 g/mol. The summed E-state index contributed by atoms with van der Waals surface area (Å²) in [4.78, 5) is 44.1. The number of aryl methyl sites for hydroxylation is 1. The van der Waals surface area contributed by atoms with Gasteiger partial charge in [-0.25, -0.2) is 0 Å². The SMILES string of the molecule is CCOC(=O)Cc1ccc(N2C(=O)C(=O)/C(=C(/O)c3cc(C)ccc3OC)C2c2ccccn2)cc1. The van der Waals surface area contributed by atoms with E-state index in [2.05, 4.69) is 4.98 Å². The summed E-state index contributed by atoms with van der Waals surface area (Å²) in [6.45, 7) is 3.88. The highest BCUT2D eigenvalue weighted by Crippen LogP contribution is 2.42. The van der Waals surface area contributed by atoms with Crippen molar-refractivity contribution in [2.24, 2.45) is 0 Å². The molecule has 0 radical (unpaired) electrons. The Balaban J connectivity index is 1.83. The quantitative estimate of drug-likeness (QED) is 0.232. The predicted molar refractivity (Wildman–Crippen MR) is 134 cm³/mol. The summed E-state index contributed by atoms with van der Waals surface area (Å²) >= 11 is 0. The van der Waals surface area contributed by atoms with Crippen LogP contribution in [0, 0.1) is 6.92 Å². The number of Topliss-reactive ketones (excluding diaryl/α,β-unsaturated/α-hetero) is 1. The highest BCUT2D eigenvalue weighted by Gasteiger charge is 2.47. The lowest BCUT2D eigenvalue weighted by Crippen LogP contribution is -2.29. The second-order valence-corrected chi connectivity index (χ2v) is 8.28. The van der Waals surface area contributed by atoms with E-state index in [0.29, 0.717) is 28.3 Å². The minimum atomic E-state index is -0.965. The number of methoxy groups -OCH3 is 1. The molecule has 8 heteroatoms. The molecule has 0 aliphatic carbocycles. The van der Waals surface area contributed by atoms with Crippen molar-refractivity contribution in [3.05, 3.63) is 94.8 Å².